The number of para-hydroxylation sites is 1. The van der Waals surface area contributed by atoms with E-state index in [1.165, 1.54) is 0 Å². The lowest BCUT2D eigenvalue weighted by Gasteiger charge is -2.12. The molecule has 0 aliphatic carbocycles. The van der Waals surface area contributed by atoms with Crippen molar-refractivity contribution in [3.05, 3.63) is 59.0 Å². The number of ether oxygens (including phenoxy) is 2. The Morgan fingerprint density at radius 3 is 2.57 bits per heavy atom. The largest absolute Gasteiger partial charge is 0.497 e. The van der Waals surface area contributed by atoms with Crippen molar-refractivity contribution in [1.82, 2.24) is 4.90 Å². The molecule has 2 aromatic rings. The second kappa shape index (κ2) is 9.98. The van der Waals surface area contributed by atoms with Crippen molar-refractivity contribution in [2.45, 2.75) is 13.3 Å². The zero-order valence-corrected chi connectivity index (χ0v) is 17.5. The third-order valence-electron chi connectivity index (χ3n) is 4.22. The number of imide groups is 1. The van der Waals surface area contributed by atoms with Crippen molar-refractivity contribution in [1.29, 1.82) is 0 Å². The van der Waals surface area contributed by atoms with Crippen LogP contribution in [0.3, 0.4) is 0 Å². The van der Waals surface area contributed by atoms with Gasteiger partial charge in [-0.3, -0.25) is 19.3 Å². The Labute approximate surface area is 179 Å². The molecule has 156 valence electrons. The lowest BCUT2D eigenvalue weighted by molar-refractivity contribution is -0.127. The Hall–Kier alpha value is -3.26. The Balaban J connectivity index is 1.68. The van der Waals surface area contributed by atoms with Crippen LogP contribution in [0.25, 0.3) is 6.08 Å². The van der Waals surface area contributed by atoms with E-state index in [1.807, 2.05) is 31.2 Å². The van der Waals surface area contributed by atoms with Gasteiger partial charge in [0.2, 0.25) is 5.91 Å². The van der Waals surface area contributed by atoms with Crippen LogP contribution in [0.4, 0.5) is 10.5 Å². The molecule has 3 rings (SSSR count). The number of hydrogen-bond donors (Lipinski definition) is 1. The van der Waals surface area contributed by atoms with Crippen molar-refractivity contribution < 1.29 is 23.9 Å². The molecule has 0 atom stereocenters. The van der Waals surface area contributed by atoms with E-state index in [9.17, 15) is 14.4 Å². The van der Waals surface area contributed by atoms with Gasteiger partial charge in [-0.25, -0.2) is 0 Å². The number of nitrogens with zero attached hydrogens (tertiary/aromatic N) is 1. The number of nitrogens with one attached hydrogen (secondary N) is 1. The highest BCUT2D eigenvalue weighted by molar-refractivity contribution is 8.18. The highest BCUT2D eigenvalue weighted by Crippen LogP contribution is 2.34. The summed E-state index contributed by atoms with van der Waals surface area (Å²) in [5.74, 6) is 0.339. The summed E-state index contributed by atoms with van der Waals surface area (Å²) in [6.45, 7) is 2.20. The van der Waals surface area contributed by atoms with Crippen molar-refractivity contribution in [2.24, 2.45) is 0 Å². The average Bonchev–Trinajstić information content (AvgIpc) is 3.01. The minimum Gasteiger partial charge on any atom is -0.497 e. The number of carbonyl (C=O) groups is 3. The van der Waals surface area contributed by atoms with Gasteiger partial charge in [0.05, 0.1) is 18.6 Å². The molecule has 3 amide bonds. The summed E-state index contributed by atoms with van der Waals surface area (Å²) in [5, 5.41) is 2.19. The van der Waals surface area contributed by atoms with Crippen molar-refractivity contribution >= 4 is 40.6 Å². The smallest absolute Gasteiger partial charge is 0.294 e. The molecule has 1 aliphatic heterocycles. The molecular weight excluding hydrogens is 404 g/mol. The minimum absolute atomic E-state index is 0.254. The molecule has 2 aromatic carbocycles. The highest BCUT2D eigenvalue weighted by Gasteiger charge is 2.36. The van der Waals surface area contributed by atoms with Gasteiger partial charge in [0, 0.05) is 11.3 Å². The fourth-order valence-electron chi connectivity index (χ4n) is 2.74. The van der Waals surface area contributed by atoms with E-state index in [-0.39, 0.29) is 11.4 Å². The van der Waals surface area contributed by atoms with Gasteiger partial charge in [-0.1, -0.05) is 25.1 Å². The topological polar surface area (TPSA) is 84.9 Å². The maximum atomic E-state index is 12.7. The molecule has 0 aromatic heterocycles. The third kappa shape index (κ3) is 5.21. The number of methoxy groups -OCH3 is 1. The Morgan fingerprint density at radius 2 is 1.87 bits per heavy atom. The molecule has 7 nitrogen and oxygen atoms in total. The van der Waals surface area contributed by atoms with Gasteiger partial charge in [0.1, 0.15) is 18.0 Å². The van der Waals surface area contributed by atoms with E-state index < -0.39 is 17.1 Å². The molecule has 30 heavy (non-hydrogen) atoms. The summed E-state index contributed by atoms with van der Waals surface area (Å²) in [5.41, 5.74) is 1.25. The molecule has 0 bridgehead atoms. The van der Waals surface area contributed by atoms with E-state index in [4.69, 9.17) is 9.47 Å². The second-order valence-electron chi connectivity index (χ2n) is 6.43. The molecule has 0 spiro atoms. The van der Waals surface area contributed by atoms with Crippen LogP contribution in [0, 0.1) is 0 Å². The maximum Gasteiger partial charge on any atom is 0.294 e. The lowest BCUT2D eigenvalue weighted by atomic mass is 10.2. The van der Waals surface area contributed by atoms with Gasteiger partial charge in [0.15, 0.2) is 0 Å². The number of carbonyl (C=O) groups excluding carboxylic acids is 3. The number of benzene rings is 2. The van der Waals surface area contributed by atoms with Gasteiger partial charge in [0.25, 0.3) is 11.1 Å². The van der Waals surface area contributed by atoms with Crippen LogP contribution in [0.1, 0.15) is 18.9 Å². The molecule has 0 unspecified atom stereocenters. The summed E-state index contributed by atoms with van der Waals surface area (Å²) in [7, 11) is 1.55. The monoisotopic (exact) mass is 426 g/mol. The summed E-state index contributed by atoms with van der Waals surface area (Å²) in [6.07, 6.45) is 2.48. The molecule has 8 heteroatoms. The van der Waals surface area contributed by atoms with Gasteiger partial charge >= 0.3 is 0 Å². The predicted molar refractivity (Wildman–Crippen MR) is 117 cm³/mol. The quantitative estimate of drug-likeness (QED) is 0.638. The second-order valence-corrected chi connectivity index (χ2v) is 7.42. The van der Waals surface area contributed by atoms with Crippen molar-refractivity contribution in [2.75, 3.05) is 25.6 Å². The summed E-state index contributed by atoms with van der Waals surface area (Å²) in [4.78, 5) is 38.5. The van der Waals surface area contributed by atoms with E-state index in [2.05, 4.69) is 5.32 Å². The molecular formula is C22H22N2O5S. The third-order valence-corrected chi connectivity index (χ3v) is 5.12. The molecule has 1 saturated heterocycles. The van der Waals surface area contributed by atoms with Crippen LogP contribution in [0.15, 0.2) is 53.4 Å². The number of amides is 3. The van der Waals surface area contributed by atoms with Crippen LogP contribution in [-0.2, 0) is 9.59 Å². The number of anilines is 1. The first-order valence-electron chi connectivity index (χ1n) is 9.43. The van der Waals surface area contributed by atoms with Crippen LogP contribution in [0.5, 0.6) is 11.5 Å². The summed E-state index contributed by atoms with van der Waals surface area (Å²) >= 11 is 0.809. The van der Waals surface area contributed by atoms with E-state index >= 15 is 0 Å². The molecule has 1 N–H and O–H groups in total. The summed E-state index contributed by atoms with van der Waals surface area (Å²) in [6, 6.07) is 14.1. The Bertz CT molecular complexity index is 972. The first-order valence-corrected chi connectivity index (χ1v) is 10.2. The van der Waals surface area contributed by atoms with Gasteiger partial charge in [-0.15, -0.1) is 0 Å². The van der Waals surface area contributed by atoms with Gasteiger partial charge in [-0.05, 0) is 54.6 Å². The number of hydrogen-bond acceptors (Lipinski definition) is 6. The minimum atomic E-state index is -0.500. The average molecular weight is 426 g/mol. The Morgan fingerprint density at radius 1 is 1.13 bits per heavy atom. The highest BCUT2D eigenvalue weighted by atomic mass is 32.2. The normalized spacial score (nSPS) is 14.9. The van der Waals surface area contributed by atoms with Crippen LogP contribution in [0.2, 0.25) is 0 Å². The maximum absolute atomic E-state index is 12.7. The molecule has 1 fully saturated rings. The van der Waals surface area contributed by atoms with Gasteiger partial charge in [-0.2, -0.15) is 0 Å². The van der Waals surface area contributed by atoms with E-state index in [0.717, 1.165) is 23.1 Å². The molecule has 0 radical (unpaired) electrons. The van der Waals surface area contributed by atoms with E-state index in [0.29, 0.717) is 29.4 Å². The van der Waals surface area contributed by atoms with E-state index in [1.54, 1.807) is 37.5 Å². The number of rotatable bonds is 8. The van der Waals surface area contributed by atoms with Crippen LogP contribution >= 0.6 is 11.8 Å². The lowest BCUT2D eigenvalue weighted by Crippen LogP contribution is -2.36. The predicted octanol–water partition coefficient (Wildman–Crippen LogP) is 4.16. The van der Waals surface area contributed by atoms with Crippen molar-refractivity contribution in [3.8, 4) is 11.5 Å². The molecule has 1 heterocycles. The first kappa shape index (κ1) is 21.4. The fourth-order valence-corrected chi connectivity index (χ4v) is 3.57. The molecule has 0 saturated carbocycles. The van der Waals surface area contributed by atoms with Crippen molar-refractivity contribution in [3.63, 3.8) is 0 Å². The first-order chi connectivity index (χ1) is 14.5. The SMILES string of the molecule is CCCOc1ccccc1/C=C1/SC(=O)N(CC(=O)Nc2ccc(OC)cc2)C1=O. The zero-order chi connectivity index (χ0) is 21.5. The van der Waals surface area contributed by atoms with Crippen LogP contribution < -0.4 is 14.8 Å². The standard InChI is InChI=1S/C22H22N2O5S/c1-3-12-29-18-7-5-4-6-15(18)13-19-21(26)24(22(27)30-19)14-20(25)23-16-8-10-17(28-2)11-9-16/h4-11,13H,3,12,14H2,1-2H3,(H,23,25)/b19-13+. The van der Waals surface area contributed by atoms with Crippen LogP contribution in [-0.4, -0.2) is 42.2 Å². The Kier molecular flexibility index (Phi) is 7.13. The zero-order valence-electron chi connectivity index (χ0n) is 16.7. The number of thioether (sulfide) groups is 1. The summed E-state index contributed by atoms with van der Waals surface area (Å²) < 4.78 is 10.8. The van der Waals surface area contributed by atoms with Gasteiger partial charge < -0.3 is 14.8 Å². The fraction of sp³-hybridized carbons (Fsp3) is 0.227. The molecule has 1 aliphatic rings.